The molecule has 0 spiro atoms. The van der Waals surface area contributed by atoms with Crippen LogP contribution in [0.15, 0.2) is 46.2 Å². The first-order valence-corrected chi connectivity index (χ1v) is 9.07. The molecule has 0 bridgehead atoms. The number of rotatable bonds is 3. The third-order valence-electron chi connectivity index (χ3n) is 4.31. The summed E-state index contributed by atoms with van der Waals surface area (Å²) in [5.74, 6) is 0.424. The van der Waals surface area contributed by atoms with E-state index in [1.54, 1.807) is 33.8 Å². The van der Waals surface area contributed by atoms with Gasteiger partial charge in [-0.25, -0.2) is 14.6 Å². The largest absolute Gasteiger partial charge is 0.311 e. The van der Waals surface area contributed by atoms with Crippen LogP contribution in [0, 0.1) is 6.92 Å². The first-order chi connectivity index (χ1) is 13.3. The minimum absolute atomic E-state index is 0.0786. The molecule has 4 heterocycles. The molecule has 1 N–H and O–H groups in total. The van der Waals surface area contributed by atoms with E-state index in [9.17, 15) is 9.59 Å². The molecule has 4 aromatic heterocycles. The van der Waals surface area contributed by atoms with Crippen molar-refractivity contribution >= 4 is 22.8 Å². The summed E-state index contributed by atoms with van der Waals surface area (Å²) in [6.07, 6.45) is 3.47. The molecule has 0 amide bonds. The van der Waals surface area contributed by atoms with Crippen molar-refractivity contribution in [3.63, 3.8) is 0 Å². The Morgan fingerprint density at radius 2 is 1.93 bits per heavy atom. The number of hydrogen-bond acceptors (Lipinski definition) is 5. The van der Waals surface area contributed by atoms with Crippen LogP contribution in [0.5, 0.6) is 0 Å². The van der Waals surface area contributed by atoms with Crippen molar-refractivity contribution in [1.29, 1.82) is 0 Å². The Labute approximate surface area is 164 Å². The number of aromatic nitrogens is 6. The smallest absolute Gasteiger partial charge is 0.269 e. The molecule has 0 aliphatic rings. The van der Waals surface area contributed by atoms with E-state index in [-0.39, 0.29) is 22.2 Å². The fourth-order valence-corrected chi connectivity index (χ4v) is 3.14. The van der Waals surface area contributed by atoms with E-state index in [0.29, 0.717) is 28.2 Å². The van der Waals surface area contributed by atoms with E-state index in [1.807, 2.05) is 26.8 Å². The van der Waals surface area contributed by atoms with Crippen molar-refractivity contribution in [2.45, 2.75) is 26.8 Å². The van der Waals surface area contributed by atoms with Gasteiger partial charge >= 0.3 is 0 Å². The Morgan fingerprint density at radius 3 is 2.61 bits per heavy atom. The summed E-state index contributed by atoms with van der Waals surface area (Å²) in [4.78, 5) is 36.0. The van der Waals surface area contributed by atoms with Crippen molar-refractivity contribution in [3.05, 3.63) is 68.1 Å². The van der Waals surface area contributed by atoms with E-state index in [4.69, 9.17) is 11.6 Å². The number of halogens is 1. The highest BCUT2D eigenvalue weighted by Gasteiger charge is 2.17. The SMILES string of the molecule is Cc1ccn(-c2nc3[nH]c(=O)ccc3nc2-c2cc(Cl)c(=O)n(C(C)C)c2)n1. The molecule has 0 atom stereocenters. The summed E-state index contributed by atoms with van der Waals surface area (Å²) in [5, 5.41) is 4.51. The molecule has 0 saturated heterocycles. The molecule has 0 aromatic carbocycles. The zero-order valence-electron chi connectivity index (χ0n) is 15.5. The van der Waals surface area contributed by atoms with Crippen LogP contribution in [0.4, 0.5) is 0 Å². The quantitative estimate of drug-likeness (QED) is 0.574. The van der Waals surface area contributed by atoms with Crippen LogP contribution in [-0.4, -0.2) is 29.3 Å². The highest BCUT2D eigenvalue weighted by molar-refractivity contribution is 6.30. The highest BCUT2D eigenvalue weighted by Crippen LogP contribution is 2.26. The van der Waals surface area contributed by atoms with Crippen molar-refractivity contribution in [3.8, 4) is 17.1 Å². The molecule has 28 heavy (non-hydrogen) atoms. The molecule has 0 aliphatic carbocycles. The van der Waals surface area contributed by atoms with Crippen LogP contribution in [0.25, 0.3) is 28.2 Å². The molecular formula is C19H17ClN6O2. The Kier molecular flexibility index (Phi) is 4.35. The number of hydrogen-bond donors (Lipinski definition) is 1. The zero-order valence-corrected chi connectivity index (χ0v) is 16.2. The third-order valence-corrected chi connectivity index (χ3v) is 4.58. The summed E-state index contributed by atoms with van der Waals surface area (Å²) in [6, 6.07) is 6.32. The Balaban J connectivity index is 2.07. The second-order valence-electron chi connectivity index (χ2n) is 6.74. The Morgan fingerprint density at radius 1 is 1.14 bits per heavy atom. The van der Waals surface area contributed by atoms with E-state index in [1.165, 1.54) is 6.07 Å². The van der Waals surface area contributed by atoms with Gasteiger partial charge in [0.15, 0.2) is 11.5 Å². The van der Waals surface area contributed by atoms with Gasteiger partial charge in [0.05, 0.1) is 5.69 Å². The lowest BCUT2D eigenvalue weighted by atomic mass is 10.2. The van der Waals surface area contributed by atoms with Gasteiger partial charge in [-0.05, 0) is 39.0 Å². The first-order valence-electron chi connectivity index (χ1n) is 8.69. The number of aryl methyl sites for hydroxylation is 1. The summed E-state index contributed by atoms with van der Waals surface area (Å²) >= 11 is 6.20. The molecule has 0 radical (unpaired) electrons. The van der Waals surface area contributed by atoms with E-state index >= 15 is 0 Å². The molecule has 0 unspecified atom stereocenters. The second kappa shape index (κ2) is 6.72. The number of nitrogens with zero attached hydrogens (tertiary/aromatic N) is 5. The molecule has 4 rings (SSSR count). The molecule has 0 aliphatic heterocycles. The lowest BCUT2D eigenvalue weighted by Crippen LogP contribution is -2.22. The maximum atomic E-state index is 12.3. The Hall–Kier alpha value is -3.26. The predicted octanol–water partition coefficient (Wildman–Crippen LogP) is 2.88. The van der Waals surface area contributed by atoms with Crippen molar-refractivity contribution in [2.75, 3.05) is 0 Å². The van der Waals surface area contributed by atoms with Crippen LogP contribution in [0.3, 0.4) is 0 Å². The average Bonchev–Trinajstić information content (AvgIpc) is 3.08. The van der Waals surface area contributed by atoms with Crippen molar-refractivity contribution in [1.82, 2.24) is 29.3 Å². The van der Waals surface area contributed by atoms with Gasteiger partial charge in [0, 0.05) is 30.1 Å². The van der Waals surface area contributed by atoms with Gasteiger partial charge in [0.25, 0.3) is 5.56 Å². The Bertz CT molecular complexity index is 1320. The number of nitrogens with one attached hydrogen (secondary N) is 1. The van der Waals surface area contributed by atoms with Crippen LogP contribution in [0.1, 0.15) is 25.6 Å². The van der Waals surface area contributed by atoms with E-state index in [0.717, 1.165) is 5.69 Å². The number of H-pyrrole nitrogens is 1. The summed E-state index contributed by atoms with van der Waals surface area (Å²) < 4.78 is 3.13. The monoisotopic (exact) mass is 396 g/mol. The average molecular weight is 397 g/mol. The summed E-state index contributed by atoms with van der Waals surface area (Å²) in [5.41, 5.74) is 2.26. The maximum absolute atomic E-state index is 12.3. The number of aromatic amines is 1. The van der Waals surface area contributed by atoms with Gasteiger partial charge in [-0.15, -0.1) is 0 Å². The minimum Gasteiger partial charge on any atom is -0.311 e. The zero-order chi connectivity index (χ0) is 20.0. The van der Waals surface area contributed by atoms with Gasteiger partial charge in [-0.2, -0.15) is 5.10 Å². The second-order valence-corrected chi connectivity index (χ2v) is 7.14. The predicted molar refractivity (Wildman–Crippen MR) is 107 cm³/mol. The topological polar surface area (TPSA) is 98.5 Å². The molecule has 4 aromatic rings. The van der Waals surface area contributed by atoms with Gasteiger partial charge in [0.2, 0.25) is 5.56 Å². The van der Waals surface area contributed by atoms with E-state index in [2.05, 4.69) is 20.1 Å². The fraction of sp³-hybridized carbons (Fsp3) is 0.211. The lowest BCUT2D eigenvalue weighted by molar-refractivity contribution is 0.579. The van der Waals surface area contributed by atoms with Crippen LogP contribution >= 0.6 is 11.6 Å². The van der Waals surface area contributed by atoms with Gasteiger partial charge in [0.1, 0.15) is 16.2 Å². The molecule has 9 heteroatoms. The van der Waals surface area contributed by atoms with Gasteiger partial charge < -0.3 is 9.55 Å². The fourth-order valence-electron chi connectivity index (χ4n) is 2.93. The third kappa shape index (κ3) is 3.11. The van der Waals surface area contributed by atoms with Crippen molar-refractivity contribution in [2.24, 2.45) is 0 Å². The standard InChI is InChI=1S/C19H17ClN6O2/c1-10(2)25-9-12(8-13(20)19(25)28)16-18(26-7-6-11(3)24-26)23-17-14(21-16)4-5-15(27)22-17/h4-10H,1-3H3,(H,22,23,27). The number of pyridine rings is 2. The molecular weight excluding hydrogens is 380 g/mol. The highest BCUT2D eigenvalue weighted by atomic mass is 35.5. The number of fused-ring (bicyclic) bond motifs is 1. The maximum Gasteiger partial charge on any atom is 0.269 e. The van der Waals surface area contributed by atoms with Gasteiger partial charge in [-0.1, -0.05) is 11.6 Å². The minimum atomic E-state index is -0.270. The van der Waals surface area contributed by atoms with Crippen LogP contribution in [0.2, 0.25) is 5.02 Å². The summed E-state index contributed by atoms with van der Waals surface area (Å²) in [6.45, 7) is 5.66. The lowest BCUT2D eigenvalue weighted by Gasteiger charge is -2.14. The normalized spacial score (nSPS) is 11.5. The van der Waals surface area contributed by atoms with E-state index < -0.39 is 0 Å². The van der Waals surface area contributed by atoms with Crippen LogP contribution in [-0.2, 0) is 0 Å². The molecule has 0 saturated carbocycles. The molecule has 8 nitrogen and oxygen atoms in total. The molecule has 0 fully saturated rings. The van der Waals surface area contributed by atoms with Crippen LogP contribution < -0.4 is 11.1 Å². The van der Waals surface area contributed by atoms with Crippen molar-refractivity contribution < 1.29 is 0 Å². The summed E-state index contributed by atoms with van der Waals surface area (Å²) in [7, 11) is 0. The molecule has 142 valence electrons. The first kappa shape index (κ1) is 18.1. The van der Waals surface area contributed by atoms with Gasteiger partial charge in [-0.3, -0.25) is 9.59 Å².